The minimum Gasteiger partial charge on any atom is -0.370 e. The SMILES string of the molecule is CCC(CC)(OC)c1nc(=S)c2c([nH]1)CCCCC2. The summed E-state index contributed by atoms with van der Waals surface area (Å²) in [5, 5.41) is 0. The lowest BCUT2D eigenvalue weighted by atomic mass is 9.95. The van der Waals surface area contributed by atoms with Gasteiger partial charge in [-0.2, -0.15) is 0 Å². The number of hydrogen-bond donors (Lipinski definition) is 1. The van der Waals surface area contributed by atoms with E-state index in [1.54, 1.807) is 7.11 Å². The van der Waals surface area contributed by atoms with E-state index in [4.69, 9.17) is 17.0 Å². The molecule has 4 heteroatoms. The molecule has 0 saturated heterocycles. The van der Waals surface area contributed by atoms with Crippen molar-refractivity contribution >= 4 is 12.2 Å². The molecule has 1 aromatic rings. The third-order valence-corrected chi connectivity index (χ3v) is 4.76. The van der Waals surface area contributed by atoms with Gasteiger partial charge in [0.05, 0.1) is 0 Å². The molecule has 0 atom stereocenters. The number of aryl methyl sites for hydroxylation is 1. The average molecular weight is 280 g/mol. The van der Waals surface area contributed by atoms with Crippen molar-refractivity contribution < 1.29 is 4.74 Å². The maximum Gasteiger partial charge on any atom is 0.140 e. The lowest BCUT2D eigenvalue weighted by Gasteiger charge is -2.29. The molecule has 3 nitrogen and oxygen atoms in total. The van der Waals surface area contributed by atoms with Gasteiger partial charge in [0, 0.05) is 18.4 Å². The monoisotopic (exact) mass is 280 g/mol. The van der Waals surface area contributed by atoms with Crippen LogP contribution in [0.25, 0.3) is 0 Å². The van der Waals surface area contributed by atoms with Gasteiger partial charge in [-0.05, 0) is 38.5 Å². The fraction of sp³-hybridized carbons (Fsp3) is 0.733. The minimum absolute atomic E-state index is 0.325. The zero-order valence-electron chi connectivity index (χ0n) is 12.2. The first-order chi connectivity index (χ1) is 9.16. The lowest BCUT2D eigenvalue weighted by Crippen LogP contribution is -2.30. The van der Waals surface area contributed by atoms with Crippen LogP contribution in [-0.2, 0) is 23.2 Å². The maximum absolute atomic E-state index is 5.76. The number of fused-ring (bicyclic) bond motifs is 1. The lowest BCUT2D eigenvalue weighted by molar-refractivity contribution is -0.0294. The van der Waals surface area contributed by atoms with E-state index >= 15 is 0 Å². The Labute approximate surface area is 120 Å². The quantitative estimate of drug-likeness (QED) is 0.667. The molecule has 2 rings (SSSR count). The molecule has 0 spiro atoms. The largest absolute Gasteiger partial charge is 0.370 e. The van der Waals surface area contributed by atoms with Crippen LogP contribution in [0.15, 0.2) is 0 Å². The third-order valence-electron chi connectivity index (χ3n) is 4.42. The van der Waals surface area contributed by atoms with Crippen molar-refractivity contribution in [3.8, 4) is 0 Å². The zero-order valence-corrected chi connectivity index (χ0v) is 13.0. The summed E-state index contributed by atoms with van der Waals surface area (Å²) in [6.45, 7) is 4.27. The molecule has 1 aliphatic carbocycles. The smallest absolute Gasteiger partial charge is 0.140 e. The number of H-pyrrole nitrogens is 1. The van der Waals surface area contributed by atoms with E-state index < -0.39 is 0 Å². The van der Waals surface area contributed by atoms with Crippen LogP contribution >= 0.6 is 12.2 Å². The second-order valence-corrected chi connectivity index (χ2v) is 5.70. The molecule has 1 N–H and O–H groups in total. The summed E-state index contributed by atoms with van der Waals surface area (Å²) in [4.78, 5) is 8.18. The molecule has 0 aromatic carbocycles. The summed E-state index contributed by atoms with van der Waals surface area (Å²) in [5.41, 5.74) is 2.22. The molecule has 1 aliphatic rings. The Kier molecular flexibility index (Phi) is 4.74. The van der Waals surface area contributed by atoms with Crippen molar-refractivity contribution in [1.82, 2.24) is 9.97 Å². The van der Waals surface area contributed by atoms with Crippen molar-refractivity contribution in [1.29, 1.82) is 0 Å². The second kappa shape index (κ2) is 6.14. The van der Waals surface area contributed by atoms with E-state index in [1.165, 1.54) is 30.5 Å². The highest BCUT2D eigenvalue weighted by atomic mass is 32.1. The van der Waals surface area contributed by atoms with Gasteiger partial charge in [-0.25, -0.2) is 4.98 Å². The Morgan fingerprint density at radius 1 is 1.21 bits per heavy atom. The van der Waals surface area contributed by atoms with E-state index in [0.29, 0.717) is 0 Å². The number of methoxy groups -OCH3 is 1. The molecule has 0 saturated carbocycles. The molecule has 106 valence electrons. The predicted molar refractivity (Wildman–Crippen MR) is 79.9 cm³/mol. The van der Waals surface area contributed by atoms with Crippen LogP contribution in [0, 0.1) is 4.64 Å². The predicted octanol–water partition coefficient (Wildman–Crippen LogP) is 4.07. The zero-order chi connectivity index (χ0) is 13.9. The van der Waals surface area contributed by atoms with E-state index in [0.717, 1.165) is 36.1 Å². The van der Waals surface area contributed by atoms with Gasteiger partial charge >= 0.3 is 0 Å². The summed E-state index contributed by atoms with van der Waals surface area (Å²) in [7, 11) is 1.76. The molecule has 0 bridgehead atoms. The Hall–Kier alpha value is -0.740. The van der Waals surface area contributed by atoms with Crippen molar-refractivity contribution in [2.24, 2.45) is 0 Å². The first kappa shape index (κ1) is 14.7. The van der Waals surface area contributed by atoms with Gasteiger partial charge in [0.2, 0.25) is 0 Å². The Morgan fingerprint density at radius 3 is 2.53 bits per heavy atom. The maximum atomic E-state index is 5.76. The number of nitrogens with zero attached hydrogens (tertiary/aromatic N) is 1. The van der Waals surface area contributed by atoms with E-state index in [1.807, 2.05) is 0 Å². The second-order valence-electron chi connectivity index (χ2n) is 5.31. The molecule has 0 radical (unpaired) electrons. The first-order valence-corrected chi connectivity index (χ1v) is 7.75. The number of hydrogen-bond acceptors (Lipinski definition) is 3. The fourth-order valence-electron chi connectivity index (χ4n) is 2.98. The van der Waals surface area contributed by atoms with Crippen LogP contribution in [0.5, 0.6) is 0 Å². The number of aromatic nitrogens is 2. The average Bonchev–Trinajstić information content (AvgIpc) is 2.67. The fourth-order valence-corrected chi connectivity index (χ4v) is 3.30. The summed E-state index contributed by atoms with van der Waals surface area (Å²) >= 11 is 5.51. The minimum atomic E-state index is -0.325. The number of rotatable bonds is 4. The highest BCUT2D eigenvalue weighted by Gasteiger charge is 2.31. The summed E-state index contributed by atoms with van der Waals surface area (Å²) in [5.74, 6) is 0.908. The van der Waals surface area contributed by atoms with Crippen LogP contribution in [-0.4, -0.2) is 17.1 Å². The van der Waals surface area contributed by atoms with E-state index in [2.05, 4.69) is 23.8 Å². The molecular weight excluding hydrogens is 256 g/mol. The molecule has 19 heavy (non-hydrogen) atoms. The van der Waals surface area contributed by atoms with Gasteiger partial charge in [-0.3, -0.25) is 0 Å². The highest BCUT2D eigenvalue weighted by molar-refractivity contribution is 7.71. The number of aromatic amines is 1. The van der Waals surface area contributed by atoms with Gasteiger partial charge in [0.25, 0.3) is 0 Å². The van der Waals surface area contributed by atoms with Crippen molar-refractivity contribution in [2.45, 2.75) is 64.4 Å². The van der Waals surface area contributed by atoms with Crippen molar-refractivity contribution in [3.05, 3.63) is 21.7 Å². The van der Waals surface area contributed by atoms with Crippen LogP contribution in [0.2, 0.25) is 0 Å². The van der Waals surface area contributed by atoms with Gasteiger partial charge in [0.1, 0.15) is 16.1 Å². The van der Waals surface area contributed by atoms with Crippen LogP contribution in [0.4, 0.5) is 0 Å². The molecule has 0 aliphatic heterocycles. The first-order valence-electron chi connectivity index (χ1n) is 7.34. The van der Waals surface area contributed by atoms with Crippen molar-refractivity contribution in [2.75, 3.05) is 7.11 Å². The normalized spacial score (nSPS) is 15.9. The van der Waals surface area contributed by atoms with Crippen molar-refractivity contribution in [3.63, 3.8) is 0 Å². The third kappa shape index (κ3) is 2.75. The Balaban J connectivity index is 2.51. The standard InChI is InChI=1S/C15H24N2OS/c1-4-15(5-2,18-3)14-16-12-10-8-6-7-9-11(12)13(19)17-14/h4-10H2,1-3H3,(H,16,17,19). The topological polar surface area (TPSA) is 37.9 Å². The molecule has 0 amide bonds. The summed E-state index contributed by atoms with van der Waals surface area (Å²) < 4.78 is 6.53. The summed E-state index contributed by atoms with van der Waals surface area (Å²) in [6.07, 6.45) is 7.69. The van der Waals surface area contributed by atoms with E-state index in [9.17, 15) is 0 Å². The van der Waals surface area contributed by atoms with Crippen LogP contribution < -0.4 is 0 Å². The number of ether oxygens (including phenoxy) is 1. The van der Waals surface area contributed by atoms with Gasteiger partial charge in [-0.15, -0.1) is 0 Å². The Morgan fingerprint density at radius 2 is 1.89 bits per heavy atom. The molecule has 1 aromatic heterocycles. The van der Waals surface area contributed by atoms with Gasteiger partial charge < -0.3 is 9.72 Å². The van der Waals surface area contributed by atoms with Crippen LogP contribution in [0.3, 0.4) is 0 Å². The Bertz CT molecular complexity index is 483. The number of nitrogens with one attached hydrogen (secondary N) is 1. The summed E-state index contributed by atoms with van der Waals surface area (Å²) in [6, 6.07) is 0. The molecule has 1 heterocycles. The van der Waals surface area contributed by atoms with Gasteiger partial charge in [0.15, 0.2) is 0 Å². The van der Waals surface area contributed by atoms with Crippen LogP contribution in [0.1, 0.15) is 63.0 Å². The molecule has 0 unspecified atom stereocenters. The van der Waals surface area contributed by atoms with E-state index in [-0.39, 0.29) is 5.60 Å². The highest BCUT2D eigenvalue weighted by Crippen LogP contribution is 2.31. The molecular formula is C15H24N2OS. The van der Waals surface area contributed by atoms with Gasteiger partial charge in [-0.1, -0.05) is 32.5 Å². The molecule has 0 fully saturated rings.